The highest BCUT2D eigenvalue weighted by molar-refractivity contribution is 7.15. The minimum atomic E-state index is -0.620. The lowest BCUT2D eigenvalue weighted by Gasteiger charge is -2.43. The molecule has 1 saturated heterocycles. The Labute approximate surface area is 120 Å². The summed E-state index contributed by atoms with van der Waals surface area (Å²) in [6.45, 7) is 2.69. The minimum Gasteiger partial charge on any atom is -0.396 e. The predicted molar refractivity (Wildman–Crippen MR) is 74.3 cm³/mol. The highest BCUT2D eigenvalue weighted by atomic mass is 32.1. The summed E-state index contributed by atoms with van der Waals surface area (Å²) >= 11 is 1.35. The smallest absolute Gasteiger partial charge is 0.315 e. The van der Waals surface area contributed by atoms with E-state index in [-0.39, 0.29) is 18.6 Å². The van der Waals surface area contributed by atoms with E-state index >= 15 is 0 Å². The Morgan fingerprint density at radius 2 is 2.35 bits per heavy atom. The maximum atomic E-state index is 12.1. The van der Waals surface area contributed by atoms with Gasteiger partial charge >= 0.3 is 11.8 Å². The number of amides is 2. The van der Waals surface area contributed by atoms with E-state index in [2.05, 4.69) is 10.3 Å². The van der Waals surface area contributed by atoms with E-state index < -0.39 is 11.8 Å². The van der Waals surface area contributed by atoms with Crippen LogP contribution in [0.2, 0.25) is 0 Å². The fourth-order valence-corrected chi connectivity index (χ4v) is 3.78. The van der Waals surface area contributed by atoms with Gasteiger partial charge in [0.25, 0.3) is 0 Å². The third-order valence-electron chi connectivity index (χ3n) is 4.14. The number of thiazole rings is 1. The van der Waals surface area contributed by atoms with Crippen LogP contribution in [0.25, 0.3) is 0 Å². The summed E-state index contributed by atoms with van der Waals surface area (Å²) in [5.41, 5.74) is 0. The molecule has 2 fully saturated rings. The number of likely N-dealkylation sites (tertiary alicyclic amines) is 1. The molecule has 2 N–H and O–H groups in total. The van der Waals surface area contributed by atoms with E-state index in [0.717, 1.165) is 17.7 Å². The maximum Gasteiger partial charge on any atom is 0.315 e. The quantitative estimate of drug-likeness (QED) is 0.784. The van der Waals surface area contributed by atoms with E-state index in [0.29, 0.717) is 17.6 Å². The fraction of sp³-hybridized carbons (Fsp3) is 0.615. The molecule has 1 aliphatic heterocycles. The average Bonchev–Trinajstić information content (AvgIpc) is 2.94. The molecule has 1 aromatic heterocycles. The molecule has 0 unspecified atom stereocenters. The van der Waals surface area contributed by atoms with Gasteiger partial charge in [-0.05, 0) is 31.6 Å². The van der Waals surface area contributed by atoms with Crippen molar-refractivity contribution >= 4 is 28.3 Å². The number of anilines is 1. The van der Waals surface area contributed by atoms with Gasteiger partial charge in [-0.25, -0.2) is 4.98 Å². The molecular formula is C13H17N3O3S. The van der Waals surface area contributed by atoms with Crippen molar-refractivity contribution in [2.24, 2.45) is 11.8 Å². The van der Waals surface area contributed by atoms with Crippen LogP contribution >= 0.6 is 11.3 Å². The Morgan fingerprint density at radius 3 is 3.00 bits per heavy atom. The molecule has 2 aliphatic rings. The van der Waals surface area contributed by atoms with Gasteiger partial charge in [-0.1, -0.05) is 0 Å². The van der Waals surface area contributed by atoms with Gasteiger partial charge in [-0.15, -0.1) is 11.3 Å². The van der Waals surface area contributed by atoms with Gasteiger partial charge in [-0.2, -0.15) is 0 Å². The number of hydrogen-bond donors (Lipinski definition) is 2. The number of aliphatic hydroxyl groups excluding tert-OH is 1. The summed E-state index contributed by atoms with van der Waals surface area (Å²) < 4.78 is 0. The van der Waals surface area contributed by atoms with Gasteiger partial charge in [0.1, 0.15) is 0 Å². The first-order chi connectivity index (χ1) is 9.58. The third kappa shape index (κ3) is 2.31. The van der Waals surface area contributed by atoms with Crippen molar-refractivity contribution in [1.82, 2.24) is 9.88 Å². The second kappa shape index (κ2) is 5.14. The number of carbonyl (C=O) groups excluding carboxylic acids is 2. The fourth-order valence-electron chi connectivity index (χ4n) is 3.12. The van der Waals surface area contributed by atoms with Crippen molar-refractivity contribution in [3.63, 3.8) is 0 Å². The summed E-state index contributed by atoms with van der Waals surface area (Å²) in [6, 6.07) is 0.128. The molecule has 1 saturated carbocycles. The maximum absolute atomic E-state index is 12.1. The van der Waals surface area contributed by atoms with Crippen LogP contribution in [0.1, 0.15) is 17.7 Å². The molecule has 0 bridgehead atoms. The zero-order valence-electron chi connectivity index (χ0n) is 11.2. The Morgan fingerprint density at radius 1 is 1.55 bits per heavy atom. The number of aryl methyl sites for hydroxylation is 1. The van der Waals surface area contributed by atoms with E-state index in [9.17, 15) is 14.7 Å². The first kappa shape index (κ1) is 13.5. The van der Waals surface area contributed by atoms with Gasteiger partial charge in [0.05, 0.1) is 0 Å². The molecule has 6 nitrogen and oxygen atoms in total. The Bertz CT molecular complexity index is 545. The molecule has 2 heterocycles. The van der Waals surface area contributed by atoms with Crippen molar-refractivity contribution < 1.29 is 14.7 Å². The second-order valence-electron chi connectivity index (χ2n) is 5.54. The minimum absolute atomic E-state index is 0.128. The standard InChI is InChI=1S/C13H17N3O3S/c1-7-4-14-13(20-7)15-11(18)12(19)16-5-9-2-8(6-17)3-10(9)16/h4,8-10,17H,2-3,5-6H2,1H3,(H,14,15,18)/t8-,9+,10+/m1/s1. The molecule has 108 valence electrons. The van der Waals surface area contributed by atoms with Gasteiger partial charge in [0, 0.05) is 30.3 Å². The normalized spacial score (nSPS) is 27.9. The molecule has 20 heavy (non-hydrogen) atoms. The van der Waals surface area contributed by atoms with Crippen LogP contribution in [-0.4, -0.2) is 46.0 Å². The lowest BCUT2D eigenvalue weighted by atomic mass is 9.92. The van der Waals surface area contributed by atoms with Crippen molar-refractivity contribution in [1.29, 1.82) is 0 Å². The van der Waals surface area contributed by atoms with Gasteiger partial charge in [-0.3, -0.25) is 14.9 Å². The van der Waals surface area contributed by atoms with Crippen LogP contribution in [0.4, 0.5) is 5.13 Å². The van der Waals surface area contributed by atoms with Crippen LogP contribution in [0.5, 0.6) is 0 Å². The largest absolute Gasteiger partial charge is 0.396 e. The van der Waals surface area contributed by atoms with Gasteiger partial charge in [0.15, 0.2) is 5.13 Å². The number of carbonyl (C=O) groups is 2. The number of fused-ring (bicyclic) bond motifs is 1. The molecule has 3 atom stereocenters. The van der Waals surface area contributed by atoms with E-state index in [1.165, 1.54) is 11.3 Å². The number of aliphatic hydroxyl groups is 1. The molecular weight excluding hydrogens is 278 g/mol. The first-order valence-electron chi connectivity index (χ1n) is 6.73. The molecule has 1 aromatic rings. The number of rotatable bonds is 2. The van der Waals surface area contributed by atoms with Crippen LogP contribution in [0, 0.1) is 18.8 Å². The number of nitrogens with one attached hydrogen (secondary N) is 1. The lowest BCUT2D eigenvalue weighted by Crippen LogP contribution is -2.58. The highest BCUT2D eigenvalue weighted by Gasteiger charge is 2.49. The zero-order chi connectivity index (χ0) is 14.3. The molecule has 0 aromatic carbocycles. The third-order valence-corrected chi connectivity index (χ3v) is 4.97. The van der Waals surface area contributed by atoms with Crippen LogP contribution in [0.15, 0.2) is 6.20 Å². The lowest BCUT2D eigenvalue weighted by molar-refractivity contribution is -0.151. The summed E-state index contributed by atoms with van der Waals surface area (Å²) in [5, 5.41) is 12.2. The van der Waals surface area contributed by atoms with Crippen molar-refractivity contribution in [3.8, 4) is 0 Å². The van der Waals surface area contributed by atoms with Crippen molar-refractivity contribution in [2.45, 2.75) is 25.8 Å². The average molecular weight is 295 g/mol. The zero-order valence-corrected chi connectivity index (χ0v) is 12.0. The van der Waals surface area contributed by atoms with Crippen molar-refractivity contribution in [2.75, 3.05) is 18.5 Å². The highest BCUT2D eigenvalue weighted by Crippen LogP contribution is 2.42. The molecule has 3 rings (SSSR count). The molecule has 7 heteroatoms. The molecule has 0 spiro atoms. The molecule has 2 amide bonds. The van der Waals surface area contributed by atoms with Crippen LogP contribution in [-0.2, 0) is 9.59 Å². The predicted octanol–water partition coefficient (Wildman–Crippen LogP) is 0.619. The Hall–Kier alpha value is -1.47. The number of aromatic nitrogens is 1. The van der Waals surface area contributed by atoms with E-state index in [1.54, 1.807) is 11.1 Å². The monoisotopic (exact) mass is 295 g/mol. The number of nitrogens with zero attached hydrogens (tertiary/aromatic N) is 2. The van der Waals surface area contributed by atoms with Crippen molar-refractivity contribution in [3.05, 3.63) is 11.1 Å². The van der Waals surface area contributed by atoms with Crippen LogP contribution < -0.4 is 5.32 Å². The summed E-state index contributed by atoms with van der Waals surface area (Å²) in [5.74, 6) is -0.388. The summed E-state index contributed by atoms with van der Waals surface area (Å²) in [4.78, 5) is 30.6. The topological polar surface area (TPSA) is 82.5 Å². The number of hydrogen-bond acceptors (Lipinski definition) is 5. The van der Waals surface area contributed by atoms with E-state index in [1.807, 2.05) is 6.92 Å². The molecule has 1 aliphatic carbocycles. The van der Waals surface area contributed by atoms with Gasteiger partial charge < -0.3 is 10.0 Å². The molecule has 0 radical (unpaired) electrons. The summed E-state index contributed by atoms with van der Waals surface area (Å²) in [6.07, 6.45) is 3.42. The second-order valence-corrected chi connectivity index (χ2v) is 6.77. The SMILES string of the molecule is Cc1cnc(NC(=O)C(=O)N2C[C@@H]3C[C@@H](CO)C[C@@H]32)s1. The Kier molecular flexibility index (Phi) is 3.47. The Balaban J connectivity index is 1.58. The summed E-state index contributed by atoms with van der Waals surface area (Å²) in [7, 11) is 0. The van der Waals surface area contributed by atoms with Crippen LogP contribution in [0.3, 0.4) is 0 Å². The first-order valence-corrected chi connectivity index (χ1v) is 7.55. The van der Waals surface area contributed by atoms with E-state index in [4.69, 9.17) is 0 Å². The van der Waals surface area contributed by atoms with Gasteiger partial charge in [0.2, 0.25) is 0 Å².